The summed E-state index contributed by atoms with van der Waals surface area (Å²) in [7, 11) is 0. The average molecular weight is 489 g/mol. The summed E-state index contributed by atoms with van der Waals surface area (Å²) in [6.45, 7) is 3.26. The number of oxime groups is 1. The lowest BCUT2D eigenvalue weighted by Gasteiger charge is -2.29. The van der Waals surface area contributed by atoms with Crippen LogP contribution in [0, 0.1) is 6.92 Å². The number of alkyl halides is 3. The molecule has 170 valence electrons. The van der Waals surface area contributed by atoms with Crippen molar-refractivity contribution in [2.45, 2.75) is 32.0 Å². The lowest BCUT2D eigenvalue weighted by molar-refractivity contribution is -0.275. The number of halogens is 5. The van der Waals surface area contributed by atoms with E-state index in [1.165, 1.54) is 24.3 Å². The van der Waals surface area contributed by atoms with Gasteiger partial charge in [-0.15, -0.1) is 0 Å². The summed E-state index contributed by atoms with van der Waals surface area (Å²) in [5, 5.41) is 5.81. The van der Waals surface area contributed by atoms with Gasteiger partial charge in [-0.05, 0) is 55.3 Å². The molecule has 0 fully saturated rings. The van der Waals surface area contributed by atoms with Crippen LogP contribution in [0.2, 0.25) is 10.0 Å². The number of aryl methyl sites for hydroxylation is 1. The van der Waals surface area contributed by atoms with Crippen LogP contribution in [0.5, 0.6) is 0 Å². The number of imide groups is 1. The molecule has 6 nitrogen and oxygen atoms in total. The van der Waals surface area contributed by atoms with Crippen molar-refractivity contribution in [1.29, 1.82) is 0 Å². The molecule has 3 rings (SSSR count). The third kappa shape index (κ3) is 4.68. The zero-order valence-electron chi connectivity index (χ0n) is 16.8. The fraction of sp³-hybridized carbons (Fsp3) is 0.286. The van der Waals surface area contributed by atoms with E-state index in [0.29, 0.717) is 11.1 Å². The van der Waals surface area contributed by atoms with E-state index in [2.05, 4.69) is 15.2 Å². The number of carbonyl (C=O) groups excluding carboxylic acids is 2. The van der Waals surface area contributed by atoms with E-state index < -0.39 is 30.2 Å². The molecule has 0 aromatic heterocycles. The molecule has 0 saturated heterocycles. The van der Waals surface area contributed by atoms with Gasteiger partial charge in [-0.25, -0.2) is 4.79 Å². The van der Waals surface area contributed by atoms with Gasteiger partial charge in [0.2, 0.25) is 0 Å². The third-order valence-electron chi connectivity index (χ3n) is 4.81. The summed E-state index contributed by atoms with van der Waals surface area (Å²) in [5.41, 5.74) is -2.10. The molecule has 0 radical (unpaired) electrons. The lowest BCUT2D eigenvalue weighted by Crippen LogP contribution is -2.42. The average Bonchev–Trinajstić information content (AvgIpc) is 3.14. The first-order valence-electron chi connectivity index (χ1n) is 9.34. The minimum Gasteiger partial charge on any atom is -0.450 e. The molecule has 1 N–H and O–H groups in total. The van der Waals surface area contributed by atoms with Crippen LogP contribution in [-0.4, -0.2) is 30.5 Å². The molecule has 0 aliphatic carbocycles. The van der Waals surface area contributed by atoms with Crippen LogP contribution in [0.15, 0.2) is 41.6 Å². The number of nitrogens with zero attached hydrogens (tertiary/aromatic N) is 1. The fourth-order valence-electron chi connectivity index (χ4n) is 3.27. The number of alkyl carbamates (subject to hydrolysis) is 1. The van der Waals surface area contributed by atoms with Crippen LogP contribution in [0.1, 0.15) is 40.4 Å². The zero-order chi connectivity index (χ0) is 23.7. The lowest BCUT2D eigenvalue weighted by atomic mass is 9.86. The molecule has 0 bridgehead atoms. The highest BCUT2D eigenvalue weighted by molar-refractivity contribution is 6.34. The molecule has 2 aromatic rings. The smallest absolute Gasteiger partial charge is 0.435 e. The number of ether oxygens (including phenoxy) is 1. The van der Waals surface area contributed by atoms with Crippen LogP contribution in [0.25, 0.3) is 0 Å². The van der Waals surface area contributed by atoms with Crippen LogP contribution >= 0.6 is 23.2 Å². The first-order valence-corrected chi connectivity index (χ1v) is 10.1. The van der Waals surface area contributed by atoms with Gasteiger partial charge in [0.05, 0.1) is 12.3 Å². The Hall–Kier alpha value is -2.78. The topological polar surface area (TPSA) is 77.0 Å². The highest BCUT2D eigenvalue weighted by Crippen LogP contribution is 2.49. The molecule has 1 heterocycles. The quantitative estimate of drug-likeness (QED) is 0.592. The van der Waals surface area contributed by atoms with Crippen molar-refractivity contribution in [1.82, 2.24) is 5.32 Å². The van der Waals surface area contributed by atoms with Gasteiger partial charge in [0.15, 0.2) is 0 Å². The molecule has 1 aliphatic rings. The number of hydrogen-bond donors (Lipinski definition) is 1. The summed E-state index contributed by atoms with van der Waals surface area (Å²) < 4.78 is 47.0. The Labute approximate surface area is 191 Å². The monoisotopic (exact) mass is 488 g/mol. The van der Waals surface area contributed by atoms with Crippen molar-refractivity contribution < 1.29 is 32.3 Å². The van der Waals surface area contributed by atoms with Gasteiger partial charge in [-0.1, -0.05) is 34.4 Å². The zero-order valence-corrected chi connectivity index (χ0v) is 18.4. The maximum absolute atomic E-state index is 14.1. The van der Waals surface area contributed by atoms with Gasteiger partial charge in [0.1, 0.15) is 0 Å². The van der Waals surface area contributed by atoms with Crippen molar-refractivity contribution in [3.05, 3.63) is 68.7 Å². The Bertz CT molecular complexity index is 1080. The van der Waals surface area contributed by atoms with Crippen LogP contribution in [0.3, 0.4) is 0 Å². The summed E-state index contributed by atoms with van der Waals surface area (Å²) in [6, 6.07) is 7.87. The van der Waals surface area contributed by atoms with E-state index in [9.17, 15) is 22.8 Å². The predicted octanol–water partition coefficient (Wildman–Crippen LogP) is 5.77. The molecule has 0 saturated carbocycles. The second kappa shape index (κ2) is 8.99. The highest BCUT2D eigenvalue weighted by Gasteiger charge is 2.62. The van der Waals surface area contributed by atoms with Crippen LogP contribution < -0.4 is 5.32 Å². The second-order valence-corrected chi connectivity index (χ2v) is 7.87. The van der Waals surface area contributed by atoms with Crippen molar-refractivity contribution >= 4 is 40.9 Å². The molecular formula is C21H17Cl2F3N2O4. The maximum Gasteiger partial charge on any atom is 0.435 e. The minimum atomic E-state index is -4.82. The maximum atomic E-state index is 14.1. The molecule has 2 aromatic carbocycles. The summed E-state index contributed by atoms with van der Waals surface area (Å²) in [6.07, 6.45) is -6.34. The predicted molar refractivity (Wildman–Crippen MR) is 112 cm³/mol. The minimum absolute atomic E-state index is 0.0267. The highest BCUT2D eigenvalue weighted by atomic mass is 35.5. The Balaban J connectivity index is 1.89. The van der Waals surface area contributed by atoms with Gasteiger partial charge >= 0.3 is 12.3 Å². The molecule has 32 heavy (non-hydrogen) atoms. The Kier molecular flexibility index (Phi) is 6.71. The summed E-state index contributed by atoms with van der Waals surface area (Å²) in [5.74, 6) is -0.699. The van der Waals surface area contributed by atoms with E-state index in [-0.39, 0.29) is 33.5 Å². The Morgan fingerprint density at radius 2 is 1.84 bits per heavy atom. The standard InChI is InChI=1S/C21H17Cl2F3N2O4/c1-3-31-19(30)27-18(29)16-5-4-12(6-11(16)2)17-10-20(32-28-17,21(24,25)26)13-7-14(22)9-15(23)8-13/h4-9H,3,10H2,1-2H3,(H,27,29,30). The van der Waals surface area contributed by atoms with Crippen molar-refractivity contribution in [3.63, 3.8) is 0 Å². The number of rotatable bonds is 4. The first-order chi connectivity index (χ1) is 15.0. The van der Waals surface area contributed by atoms with E-state index in [0.717, 1.165) is 12.1 Å². The van der Waals surface area contributed by atoms with Gasteiger partial charge in [0.25, 0.3) is 11.5 Å². The molecule has 2 amide bonds. The van der Waals surface area contributed by atoms with E-state index >= 15 is 0 Å². The summed E-state index contributed by atoms with van der Waals surface area (Å²) >= 11 is 11.8. The van der Waals surface area contributed by atoms with Crippen molar-refractivity contribution in [2.75, 3.05) is 6.61 Å². The summed E-state index contributed by atoms with van der Waals surface area (Å²) in [4.78, 5) is 28.6. The molecular weight excluding hydrogens is 472 g/mol. The Morgan fingerprint density at radius 1 is 1.19 bits per heavy atom. The normalized spacial score (nSPS) is 18.0. The number of amides is 2. The first kappa shape index (κ1) is 23.9. The van der Waals surface area contributed by atoms with Gasteiger partial charge < -0.3 is 9.57 Å². The molecule has 1 aliphatic heterocycles. The van der Waals surface area contributed by atoms with Crippen molar-refractivity contribution in [3.8, 4) is 0 Å². The SMILES string of the molecule is CCOC(=O)NC(=O)c1ccc(C2=NOC(c3cc(Cl)cc(Cl)c3)(C(F)(F)F)C2)cc1C. The van der Waals surface area contributed by atoms with Crippen LogP contribution in [0.4, 0.5) is 18.0 Å². The molecule has 0 spiro atoms. The van der Waals surface area contributed by atoms with E-state index in [1.807, 2.05) is 0 Å². The molecule has 1 atom stereocenters. The largest absolute Gasteiger partial charge is 0.450 e. The fourth-order valence-corrected chi connectivity index (χ4v) is 3.80. The van der Waals surface area contributed by atoms with Gasteiger partial charge in [-0.3, -0.25) is 10.1 Å². The molecule has 1 unspecified atom stereocenters. The number of carbonyl (C=O) groups is 2. The number of benzene rings is 2. The van der Waals surface area contributed by atoms with Gasteiger partial charge in [0, 0.05) is 27.6 Å². The van der Waals surface area contributed by atoms with E-state index in [1.54, 1.807) is 13.8 Å². The molecule has 11 heteroatoms. The van der Waals surface area contributed by atoms with Crippen molar-refractivity contribution in [2.24, 2.45) is 5.16 Å². The van der Waals surface area contributed by atoms with Crippen LogP contribution in [-0.2, 0) is 15.2 Å². The Morgan fingerprint density at radius 3 is 2.41 bits per heavy atom. The van der Waals surface area contributed by atoms with E-state index in [4.69, 9.17) is 28.0 Å². The second-order valence-electron chi connectivity index (χ2n) is 6.99. The third-order valence-corrected chi connectivity index (χ3v) is 5.25. The number of nitrogens with one attached hydrogen (secondary N) is 1. The van der Waals surface area contributed by atoms with Gasteiger partial charge in [-0.2, -0.15) is 13.2 Å². The number of hydrogen-bond acceptors (Lipinski definition) is 5.